The van der Waals surface area contributed by atoms with Crippen molar-refractivity contribution >= 4 is 5.97 Å². The van der Waals surface area contributed by atoms with E-state index in [1.54, 1.807) is 0 Å². The van der Waals surface area contributed by atoms with Crippen LogP contribution in [0.4, 0.5) is 0 Å². The molecule has 0 saturated heterocycles. The van der Waals surface area contributed by atoms with Crippen LogP contribution in [0.15, 0.2) is 30.3 Å². The summed E-state index contributed by atoms with van der Waals surface area (Å²) in [5.41, 5.74) is 0. The van der Waals surface area contributed by atoms with Crippen molar-refractivity contribution < 1.29 is 52.2 Å². The quantitative estimate of drug-likeness (QED) is 0.0913. The zero-order chi connectivity index (χ0) is 29.3. The fourth-order valence-electron chi connectivity index (χ4n) is 3.18. The van der Waals surface area contributed by atoms with E-state index in [0.29, 0.717) is 119 Å². The smallest absolute Gasteiger partial charge is 0.305 e. The third kappa shape index (κ3) is 28.1. The summed E-state index contributed by atoms with van der Waals surface area (Å²) in [6, 6.07) is 9.66. The van der Waals surface area contributed by atoms with Gasteiger partial charge in [-0.05, 0) is 18.6 Å². The van der Waals surface area contributed by atoms with Gasteiger partial charge >= 0.3 is 5.97 Å². The fraction of sp³-hybridized carbons (Fsp3) is 0.767. The van der Waals surface area contributed by atoms with Crippen molar-refractivity contribution in [2.75, 3.05) is 119 Å². The SMILES string of the molecule is CCCCCC(=O)OCCOCCOCCOCCOCCOCCOCCOCCOCCOc1ccccc1. The molecule has 0 atom stereocenters. The average Bonchev–Trinajstić information content (AvgIpc) is 2.99. The van der Waals surface area contributed by atoms with E-state index in [9.17, 15) is 4.79 Å². The van der Waals surface area contributed by atoms with Crippen molar-refractivity contribution in [3.8, 4) is 5.75 Å². The normalized spacial score (nSPS) is 11.1. The van der Waals surface area contributed by atoms with Crippen molar-refractivity contribution in [2.45, 2.75) is 32.6 Å². The number of carbonyl (C=O) groups is 1. The lowest BCUT2D eigenvalue weighted by atomic mass is 10.2. The first kappa shape index (κ1) is 37.2. The highest BCUT2D eigenvalue weighted by Gasteiger charge is 2.02. The molecule has 41 heavy (non-hydrogen) atoms. The predicted octanol–water partition coefficient (Wildman–Crippen LogP) is 3.32. The highest BCUT2D eigenvalue weighted by atomic mass is 16.6. The molecule has 0 aliphatic rings. The molecule has 0 N–H and O–H groups in total. The van der Waals surface area contributed by atoms with Gasteiger partial charge in [-0.3, -0.25) is 4.79 Å². The van der Waals surface area contributed by atoms with Crippen molar-refractivity contribution in [3.63, 3.8) is 0 Å². The maximum atomic E-state index is 11.4. The molecule has 0 bridgehead atoms. The zero-order valence-electron chi connectivity index (χ0n) is 24.9. The van der Waals surface area contributed by atoms with Gasteiger partial charge in [0, 0.05) is 6.42 Å². The molecule has 0 unspecified atom stereocenters. The van der Waals surface area contributed by atoms with Crippen molar-refractivity contribution in [2.24, 2.45) is 0 Å². The minimum atomic E-state index is -0.157. The molecule has 11 heteroatoms. The van der Waals surface area contributed by atoms with Crippen molar-refractivity contribution in [1.82, 2.24) is 0 Å². The third-order valence-corrected chi connectivity index (χ3v) is 5.32. The van der Waals surface area contributed by atoms with Crippen LogP contribution in [0.25, 0.3) is 0 Å². The van der Waals surface area contributed by atoms with Gasteiger partial charge in [-0.1, -0.05) is 38.0 Å². The Morgan fingerprint density at radius 3 is 1.24 bits per heavy atom. The first-order valence-electron chi connectivity index (χ1n) is 14.8. The molecule has 1 aromatic rings. The molecule has 0 spiro atoms. The first-order valence-corrected chi connectivity index (χ1v) is 14.8. The molecule has 0 aromatic heterocycles. The molecule has 0 amide bonds. The summed E-state index contributed by atoms with van der Waals surface area (Å²) in [5, 5.41) is 0. The van der Waals surface area contributed by atoms with Crippen LogP contribution in [0, 0.1) is 0 Å². The van der Waals surface area contributed by atoms with Crippen LogP contribution in [0.2, 0.25) is 0 Å². The molecule has 1 aromatic carbocycles. The van der Waals surface area contributed by atoms with E-state index < -0.39 is 0 Å². The van der Waals surface area contributed by atoms with Crippen LogP contribution >= 0.6 is 0 Å². The van der Waals surface area contributed by atoms with Gasteiger partial charge in [0.2, 0.25) is 0 Å². The van der Waals surface area contributed by atoms with E-state index in [1.165, 1.54) is 0 Å². The van der Waals surface area contributed by atoms with E-state index in [1.807, 2.05) is 30.3 Å². The Balaban J connectivity index is 1.64. The highest BCUT2D eigenvalue weighted by molar-refractivity contribution is 5.69. The van der Waals surface area contributed by atoms with Crippen LogP contribution < -0.4 is 4.74 Å². The maximum Gasteiger partial charge on any atom is 0.305 e. The number of ether oxygens (including phenoxy) is 10. The predicted molar refractivity (Wildman–Crippen MR) is 154 cm³/mol. The van der Waals surface area contributed by atoms with Gasteiger partial charge < -0.3 is 47.4 Å². The Labute approximate surface area is 245 Å². The van der Waals surface area contributed by atoms with Gasteiger partial charge in [0.1, 0.15) is 19.0 Å². The molecule has 0 saturated carbocycles. The lowest BCUT2D eigenvalue weighted by Crippen LogP contribution is -2.15. The van der Waals surface area contributed by atoms with Crippen LogP contribution in [0.5, 0.6) is 5.75 Å². The number of hydrogen-bond acceptors (Lipinski definition) is 11. The summed E-state index contributed by atoms with van der Waals surface area (Å²) in [5.74, 6) is 0.685. The minimum absolute atomic E-state index is 0.157. The summed E-state index contributed by atoms with van der Waals surface area (Å²) in [7, 11) is 0. The van der Waals surface area contributed by atoms with E-state index in [0.717, 1.165) is 25.0 Å². The number of hydrogen-bond donors (Lipinski definition) is 0. The Morgan fingerprint density at radius 1 is 0.488 bits per heavy atom. The molecule has 0 aliphatic carbocycles. The van der Waals surface area contributed by atoms with Gasteiger partial charge in [-0.25, -0.2) is 0 Å². The second-order valence-corrected chi connectivity index (χ2v) is 8.74. The van der Waals surface area contributed by atoms with Gasteiger partial charge in [-0.15, -0.1) is 0 Å². The Hall–Kier alpha value is -1.83. The molecule has 0 aliphatic heterocycles. The van der Waals surface area contributed by atoms with Crippen LogP contribution in [0.3, 0.4) is 0 Å². The molecule has 1 rings (SSSR count). The number of carbonyl (C=O) groups excluding carboxylic acids is 1. The lowest BCUT2D eigenvalue weighted by Gasteiger charge is -2.09. The van der Waals surface area contributed by atoms with Crippen LogP contribution in [0.1, 0.15) is 32.6 Å². The Bertz CT molecular complexity index is 663. The van der Waals surface area contributed by atoms with Gasteiger partial charge in [0.05, 0.1) is 106 Å². The number of esters is 1. The summed E-state index contributed by atoms with van der Waals surface area (Å²) in [6.07, 6.45) is 3.50. The second kappa shape index (κ2) is 31.1. The van der Waals surface area contributed by atoms with Crippen molar-refractivity contribution in [3.05, 3.63) is 30.3 Å². The van der Waals surface area contributed by atoms with E-state index in [-0.39, 0.29) is 12.6 Å². The largest absolute Gasteiger partial charge is 0.491 e. The van der Waals surface area contributed by atoms with Gasteiger partial charge in [0.15, 0.2) is 0 Å². The summed E-state index contributed by atoms with van der Waals surface area (Å²) >= 11 is 0. The molecular weight excluding hydrogens is 536 g/mol. The standard InChI is InChI=1S/C30H52O11/c1-2-3-5-10-30(31)41-28-26-39-24-22-37-20-18-35-16-14-33-12-11-32-13-15-34-17-19-36-21-23-38-25-27-40-29-8-6-4-7-9-29/h4,6-9H,2-3,5,10-28H2,1H3. The molecule has 11 nitrogen and oxygen atoms in total. The third-order valence-electron chi connectivity index (χ3n) is 5.32. The van der Waals surface area contributed by atoms with Gasteiger partial charge in [0.25, 0.3) is 0 Å². The molecule has 238 valence electrons. The number of para-hydroxylation sites is 1. The average molecular weight is 589 g/mol. The highest BCUT2D eigenvalue weighted by Crippen LogP contribution is 2.07. The Morgan fingerprint density at radius 2 is 0.854 bits per heavy atom. The summed E-state index contributed by atoms with van der Waals surface area (Å²) < 4.78 is 54.2. The fourth-order valence-corrected chi connectivity index (χ4v) is 3.18. The lowest BCUT2D eigenvalue weighted by molar-refractivity contribution is -0.145. The first-order chi connectivity index (χ1) is 20.3. The number of unbranched alkanes of at least 4 members (excludes halogenated alkanes) is 2. The Kier molecular flexibility index (Phi) is 28.2. The van der Waals surface area contributed by atoms with Crippen LogP contribution in [-0.2, 0) is 47.4 Å². The molecule has 0 fully saturated rings. The van der Waals surface area contributed by atoms with E-state index >= 15 is 0 Å². The maximum absolute atomic E-state index is 11.4. The van der Waals surface area contributed by atoms with E-state index in [4.69, 9.17) is 47.4 Å². The second-order valence-electron chi connectivity index (χ2n) is 8.74. The van der Waals surface area contributed by atoms with Crippen molar-refractivity contribution in [1.29, 1.82) is 0 Å². The number of rotatable bonds is 32. The molecular formula is C30H52O11. The van der Waals surface area contributed by atoms with E-state index in [2.05, 4.69) is 6.92 Å². The molecule has 0 heterocycles. The number of benzene rings is 1. The topological polar surface area (TPSA) is 109 Å². The minimum Gasteiger partial charge on any atom is -0.491 e. The molecule has 0 radical (unpaired) electrons. The summed E-state index contributed by atoms with van der Waals surface area (Å²) in [4.78, 5) is 11.4. The monoisotopic (exact) mass is 588 g/mol. The van der Waals surface area contributed by atoms with Gasteiger partial charge in [-0.2, -0.15) is 0 Å². The van der Waals surface area contributed by atoms with Crippen LogP contribution in [-0.4, -0.2) is 125 Å². The zero-order valence-corrected chi connectivity index (χ0v) is 24.9. The summed E-state index contributed by atoms with van der Waals surface area (Å²) in [6.45, 7) is 10.8.